The second-order valence-corrected chi connectivity index (χ2v) is 12.4. The summed E-state index contributed by atoms with van der Waals surface area (Å²) in [4.78, 5) is 21.8. The van der Waals surface area contributed by atoms with Gasteiger partial charge in [-0.05, 0) is 66.6 Å². The monoisotopic (exact) mass is 664 g/mol. The van der Waals surface area contributed by atoms with Crippen molar-refractivity contribution in [3.8, 4) is 39.7 Å². The van der Waals surface area contributed by atoms with Crippen LogP contribution >= 0.6 is 0 Å². The lowest BCUT2D eigenvalue weighted by Crippen LogP contribution is -2.31. The molecule has 0 aliphatic rings. The van der Waals surface area contributed by atoms with Crippen molar-refractivity contribution in [1.29, 1.82) is 0 Å². The number of hydrogen-bond donors (Lipinski definition) is 1. The molecule has 47 heavy (non-hydrogen) atoms. The third-order valence-electron chi connectivity index (χ3n) is 7.48. The first-order valence-electron chi connectivity index (χ1n) is 14.3. The molecule has 242 valence electrons. The molecule has 0 radical (unpaired) electrons. The number of halogens is 3. The van der Waals surface area contributed by atoms with E-state index in [4.69, 9.17) is 13.6 Å². The predicted octanol–water partition coefficient (Wildman–Crippen LogP) is 6.74. The first-order chi connectivity index (χ1) is 22.5. The number of benzene rings is 3. The molecule has 0 saturated heterocycles. The first-order valence-corrected chi connectivity index (χ1v) is 16.1. The number of sulfonamides is 1. The molecule has 0 fully saturated rings. The van der Waals surface area contributed by atoms with E-state index in [0.717, 1.165) is 16.6 Å². The minimum Gasteiger partial charge on any atom is -0.493 e. The Morgan fingerprint density at radius 3 is 2.43 bits per heavy atom. The van der Waals surface area contributed by atoms with E-state index in [-0.39, 0.29) is 74.9 Å². The van der Waals surface area contributed by atoms with E-state index in [0.29, 0.717) is 11.1 Å². The molecule has 10 nitrogen and oxygen atoms in total. The Bertz CT molecular complexity index is 2220. The van der Waals surface area contributed by atoms with Crippen molar-refractivity contribution in [2.75, 3.05) is 37.9 Å². The van der Waals surface area contributed by atoms with E-state index in [9.17, 15) is 22.0 Å². The molecule has 0 bridgehead atoms. The van der Waals surface area contributed by atoms with E-state index >= 15 is 4.39 Å². The van der Waals surface area contributed by atoms with Crippen molar-refractivity contribution in [3.05, 3.63) is 84.1 Å². The maximum absolute atomic E-state index is 15.8. The number of oxazole rings is 1. The largest absolute Gasteiger partial charge is 0.493 e. The number of rotatable bonds is 10. The minimum atomic E-state index is -4.03. The van der Waals surface area contributed by atoms with E-state index in [1.54, 1.807) is 12.1 Å². The lowest BCUT2D eigenvalue weighted by atomic mass is 9.96. The Morgan fingerprint density at radius 1 is 1.00 bits per heavy atom. The van der Waals surface area contributed by atoms with Crippen molar-refractivity contribution < 1.29 is 40.0 Å². The van der Waals surface area contributed by atoms with Gasteiger partial charge in [0.05, 0.1) is 36.9 Å². The van der Waals surface area contributed by atoms with Gasteiger partial charge >= 0.3 is 0 Å². The van der Waals surface area contributed by atoms with Gasteiger partial charge in [0, 0.05) is 42.4 Å². The molecule has 3 aromatic heterocycles. The Morgan fingerprint density at radius 2 is 1.77 bits per heavy atom. The van der Waals surface area contributed by atoms with Gasteiger partial charge in [-0.15, -0.1) is 0 Å². The van der Waals surface area contributed by atoms with E-state index in [1.165, 1.54) is 62.8 Å². The van der Waals surface area contributed by atoms with Crippen LogP contribution in [0.3, 0.4) is 0 Å². The molecule has 0 saturated carbocycles. The number of aromatic nitrogens is 2. The maximum Gasteiger partial charge on any atom is 0.255 e. The summed E-state index contributed by atoms with van der Waals surface area (Å²) in [5.74, 6) is -1.96. The maximum atomic E-state index is 15.8. The number of fused-ring (bicyclic) bond motifs is 2. The SMILES string of the molecule is CNC(=O)c1c(-c2ccc(F)cc2)oc2cc(N(CCCF)S(C)(=O)=O)c(-c3cc(F)c(OC)c(-c4nc5ncccc5o4)c3)cc12. The number of pyridine rings is 1. The summed E-state index contributed by atoms with van der Waals surface area (Å²) in [6.07, 6.45) is 2.36. The molecule has 1 N–H and O–H groups in total. The second kappa shape index (κ2) is 12.4. The summed E-state index contributed by atoms with van der Waals surface area (Å²) < 4.78 is 87.6. The van der Waals surface area contributed by atoms with Crippen molar-refractivity contribution in [2.24, 2.45) is 0 Å². The van der Waals surface area contributed by atoms with Crippen LogP contribution in [0.15, 0.2) is 75.7 Å². The Hall–Kier alpha value is -5.37. The summed E-state index contributed by atoms with van der Waals surface area (Å²) in [5, 5.41) is 2.83. The standard InChI is InChI=1S/C33H27F3N4O6S/c1-37-32(41)28-22-16-21(19-14-23(30(44-2)24(36)15-19)33-39-31-26(46-33)6-4-12-38-31)25(40(13-5-11-34)47(3,42)43)17-27(22)45-29(28)18-7-9-20(35)10-8-18/h4,6-10,12,14-17H,5,11,13H2,1-3H3,(H,37,41). The minimum absolute atomic E-state index is 0.00992. The lowest BCUT2D eigenvalue weighted by molar-refractivity contribution is 0.0964. The molecular formula is C33H27F3N4O6S. The summed E-state index contributed by atoms with van der Waals surface area (Å²) in [7, 11) is -1.32. The number of amides is 1. The van der Waals surface area contributed by atoms with Gasteiger partial charge in [0.25, 0.3) is 5.91 Å². The second-order valence-electron chi connectivity index (χ2n) is 10.5. The molecule has 0 aliphatic carbocycles. The van der Waals surface area contributed by atoms with Gasteiger partial charge in [-0.25, -0.2) is 22.2 Å². The number of hydrogen-bond acceptors (Lipinski definition) is 8. The Kier molecular flexibility index (Phi) is 8.36. The van der Waals surface area contributed by atoms with Gasteiger partial charge in [0.2, 0.25) is 15.9 Å². The topological polar surface area (TPSA) is 128 Å². The fraction of sp³-hybridized carbons (Fsp3) is 0.182. The van der Waals surface area contributed by atoms with Crippen LogP contribution in [0.1, 0.15) is 16.8 Å². The van der Waals surface area contributed by atoms with E-state index < -0.39 is 34.2 Å². The molecule has 3 heterocycles. The van der Waals surface area contributed by atoms with Crippen LogP contribution in [0.25, 0.3) is 56.1 Å². The quantitative estimate of drug-likeness (QED) is 0.171. The number of nitrogens with zero attached hydrogens (tertiary/aromatic N) is 3. The fourth-order valence-corrected chi connectivity index (χ4v) is 6.36. The number of nitrogens with one attached hydrogen (secondary N) is 1. The molecule has 3 aromatic carbocycles. The molecular weight excluding hydrogens is 637 g/mol. The van der Waals surface area contributed by atoms with Crippen molar-refractivity contribution >= 4 is 43.8 Å². The summed E-state index contributed by atoms with van der Waals surface area (Å²) in [6, 6.07) is 14.1. The highest BCUT2D eigenvalue weighted by atomic mass is 32.2. The van der Waals surface area contributed by atoms with E-state index in [2.05, 4.69) is 15.3 Å². The zero-order chi connectivity index (χ0) is 33.5. The van der Waals surface area contributed by atoms with Gasteiger partial charge in [0.1, 0.15) is 17.2 Å². The number of ether oxygens (including phenoxy) is 1. The number of alkyl halides is 1. The number of furan rings is 1. The zero-order valence-electron chi connectivity index (χ0n) is 25.3. The Labute approximate surface area is 266 Å². The summed E-state index contributed by atoms with van der Waals surface area (Å²) in [6.45, 7) is -1.04. The zero-order valence-corrected chi connectivity index (χ0v) is 26.1. The van der Waals surface area contributed by atoms with Gasteiger partial charge in [0.15, 0.2) is 22.8 Å². The third-order valence-corrected chi connectivity index (χ3v) is 8.66. The van der Waals surface area contributed by atoms with Crippen LogP contribution < -0.4 is 14.4 Å². The number of methoxy groups -OCH3 is 1. The lowest BCUT2D eigenvalue weighted by Gasteiger charge is -2.25. The molecule has 1 amide bonds. The highest BCUT2D eigenvalue weighted by Crippen LogP contribution is 2.44. The van der Waals surface area contributed by atoms with Crippen LogP contribution in [0.2, 0.25) is 0 Å². The smallest absolute Gasteiger partial charge is 0.255 e. The Balaban J connectivity index is 1.68. The highest BCUT2D eigenvalue weighted by molar-refractivity contribution is 7.92. The molecule has 0 atom stereocenters. The summed E-state index contributed by atoms with van der Waals surface area (Å²) >= 11 is 0. The third kappa shape index (κ3) is 5.87. The number of carbonyl (C=O) groups excluding carboxylic acids is 1. The summed E-state index contributed by atoms with van der Waals surface area (Å²) in [5.41, 5.74) is 1.64. The first kappa shape index (κ1) is 31.6. The van der Waals surface area contributed by atoms with Gasteiger partial charge < -0.3 is 18.9 Å². The normalized spacial score (nSPS) is 11.7. The van der Waals surface area contributed by atoms with Crippen molar-refractivity contribution in [1.82, 2.24) is 15.3 Å². The van der Waals surface area contributed by atoms with E-state index in [1.807, 2.05) is 0 Å². The molecule has 14 heteroatoms. The molecule has 0 spiro atoms. The fourth-order valence-electron chi connectivity index (χ4n) is 5.39. The van der Waals surface area contributed by atoms with Crippen LogP contribution in [0.4, 0.5) is 18.9 Å². The molecule has 0 unspecified atom stereocenters. The van der Waals surface area contributed by atoms with Gasteiger partial charge in [-0.2, -0.15) is 4.98 Å². The number of carbonyl (C=O) groups is 1. The van der Waals surface area contributed by atoms with Crippen LogP contribution in [-0.4, -0.2) is 57.9 Å². The van der Waals surface area contributed by atoms with Crippen LogP contribution in [0.5, 0.6) is 5.75 Å². The average molecular weight is 665 g/mol. The van der Waals surface area contributed by atoms with Gasteiger partial charge in [-0.1, -0.05) is 0 Å². The predicted molar refractivity (Wildman–Crippen MR) is 171 cm³/mol. The molecule has 6 rings (SSSR count). The number of anilines is 1. The highest BCUT2D eigenvalue weighted by Gasteiger charge is 2.29. The average Bonchev–Trinajstić information content (AvgIpc) is 3.65. The van der Waals surface area contributed by atoms with Crippen molar-refractivity contribution in [3.63, 3.8) is 0 Å². The van der Waals surface area contributed by atoms with Crippen LogP contribution in [-0.2, 0) is 10.0 Å². The van der Waals surface area contributed by atoms with Crippen LogP contribution in [0, 0.1) is 11.6 Å². The van der Waals surface area contributed by atoms with Crippen molar-refractivity contribution in [2.45, 2.75) is 6.42 Å². The molecule has 0 aliphatic heterocycles. The van der Waals surface area contributed by atoms with Gasteiger partial charge in [-0.3, -0.25) is 13.5 Å². The molecule has 6 aromatic rings.